The highest BCUT2D eigenvalue weighted by molar-refractivity contribution is 6.00. The number of hydrogen-bond acceptors (Lipinski definition) is 3. The van der Waals surface area contributed by atoms with Crippen molar-refractivity contribution in [3.8, 4) is 0 Å². The zero-order valence-electron chi connectivity index (χ0n) is 10.4. The number of aliphatic hydroxyl groups is 1. The van der Waals surface area contributed by atoms with Crippen molar-refractivity contribution < 1.29 is 15.0 Å². The second-order valence-corrected chi connectivity index (χ2v) is 4.88. The Morgan fingerprint density at radius 1 is 1.44 bits per heavy atom. The number of carboxylic acids is 1. The molecule has 0 aliphatic carbocycles. The Bertz CT molecular complexity index is 587. The molecule has 0 aliphatic heterocycles. The van der Waals surface area contributed by atoms with E-state index in [1.807, 2.05) is 24.5 Å². The van der Waals surface area contributed by atoms with Crippen molar-refractivity contribution in [1.29, 1.82) is 0 Å². The van der Waals surface area contributed by atoms with Crippen LogP contribution in [0.3, 0.4) is 0 Å². The minimum absolute atomic E-state index is 0.0747. The van der Waals surface area contributed by atoms with E-state index in [0.29, 0.717) is 11.9 Å². The number of carboxylic acid groups (broad SMARTS) is 1. The molecule has 5 heteroatoms. The third-order valence-electron chi connectivity index (χ3n) is 3.18. The molecule has 0 fully saturated rings. The molecule has 2 rings (SSSR count). The molecule has 0 amide bonds. The van der Waals surface area contributed by atoms with Gasteiger partial charge in [0.15, 0.2) is 0 Å². The van der Waals surface area contributed by atoms with E-state index in [2.05, 4.69) is 4.98 Å². The average molecular weight is 248 g/mol. The summed E-state index contributed by atoms with van der Waals surface area (Å²) >= 11 is 0. The molecular formula is C13H16N2O3. The van der Waals surface area contributed by atoms with Crippen LogP contribution in [0.25, 0.3) is 11.0 Å². The Labute approximate surface area is 105 Å². The van der Waals surface area contributed by atoms with E-state index < -0.39 is 5.97 Å². The third kappa shape index (κ3) is 1.97. The Morgan fingerprint density at radius 2 is 2.17 bits per heavy atom. The summed E-state index contributed by atoms with van der Waals surface area (Å²) in [5.74, 6) is -0.981. The van der Waals surface area contributed by atoms with Crippen LogP contribution in [-0.2, 0) is 5.54 Å². The summed E-state index contributed by atoms with van der Waals surface area (Å²) in [5.41, 5.74) is 1.15. The van der Waals surface area contributed by atoms with Gasteiger partial charge >= 0.3 is 5.97 Å². The molecule has 2 aromatic rings. The van der Waals surface area contributed by atoms with Crippen molar-refractivity contribution >= 4 is 17.0 Å². The monoisotopic (exact) mass is 248 g/mol. The smallest absolute Gasteiger partial charge is 0.337 e. The lowest BCUT2D eigenvalue weighted by Gasteiger charge is -2.26. The molecule has 1 heterocycles. The van der Waals surface area contributed by atoms with Crippen molar-refractivity contribution in [2.75, 3.05) is 6.61 Å². The van der Waals surface area contributed by atoms with E-state index in [0.717, 1.165) is 5.52 Å². The second-order valence-electron chi connectivity index (χ2n) is 4.88. The number of aromatic nitrogens is 2. The van der Waals surface area contributed by atoms with Crippen LogP contribution in [0.2, 0.25) is 0 Å². The van der Waals surface area contributed by atoms with Crippen LogP contribution in [0.5, 0.6) is 0 Å². The normalized spacial score (nSPS) is 11.9. The molecule has 0 aliphatic rings. The summed E-state index contributed by atoms with van der Waals surface area (Å²) in [6.07, 6.45) is 2.21. The molecule has 18 heavy (non-hydrogen) atoms. The van der Waals surface area contributed by atoms with Crippen molar-refractivity contribution in [3.05, 3.63) is 30.1 Å². The van der Waals surface area contributed by atoms with E-state index in [9.17, 15) is 4.79 Å². The fraction of sp³-hybridized carbons (Fsp3) is 0.385. The Morgan fingerprint density at radius 3 is 2.78 bits per heavy atom. The van der Waals surface area contributed by atoms with Gasteiger partial charge in [0.2, 0.25) is 0 Å². The largest absolute Gasteiger partial charge is 0.478 e. The highest BCUT2D eigenvalue weighted by atomic mass is 16.4. The first-order valence-corrected chi connectivity index (χ1v) is 5.78. The average Bonchev–Trinajstić information content (AvgIpc) is 2.72. The lowest BCUT2D eigenvalue weighted by Crippen LogP contribution is -2.26. The molecule has 1 aromatic carbocycles. The van der Waals surface area contributed by atoms with Gasteiger partial charge in [-0.25, -0.2) is 9.78 Å². The topological polar surface area (TPSA) is 75.3 Å². The summed E-state index contributed by atoms with van der Waals surface area (Å²) in [7, 11) is 0. The van der Waals surface area contributed by atoms with Crippen LogP contribution in [0.15, 0.2) is 24.5 Å². The maximum atomic E-state index is 11.1. The first kappa shape index (κ1) is 12.6. The molecule has 0 saturated heterocycles. The lowest BCUT2D eigenvalue weighted by molar-refractivity contribution is 0.0699. The van der Waals surface area contributed by atoms with Gasteiger partial charge in [0.1, 0.15) is 5.52 Å². The molecule has 5 nitrogen and oxygen atoms in total. The summed E-state index contributed by atoms with van der Waals surface area (Å²) in [5, 5.41) is 18.2. The number of nitrogens with zero attached hydrogens (tertiary/aromatic N) is 2. The van der Waals surface area contributed by atoms with Gasteiger partial charge in [-0.05, 0) is 32.4 Å². The van der Waals surface area contributed by atoms with Gasteiger partial charge in [-0.1, -0.05) is 6.07 Å². The molecule has 0 unspecified atom stereocenters. The van der Waals surface area contributed by atoms with Crippen LogP contribution in [0.1, 0.15) is 30.6 Å². The predicted octanol–water partition coefficient (Wildman–Crippen LogP) is 1.85. The van der Waals surface area contributed by atoms with E-state index in [4.69, 9.17) is 10.2 Å². The number of imidazole rings is 1. The number of para-hydroxylation sites is 1. The highest BCUT2D eigenvalue weighted by Crippen LogP contribution is 2.26. The predicted molar refractivity (Wildman–Crippen MR) is 67.7 cm³/mol. The molecule has 0 saturated carbocycles. The van der Waals surface area contributed by atoms with Crippen molar-refractivity contribution in [2.45, 2.75) is 25.8 Å². The minimum Gasteiger partial charge on any atom is -0.478 e. The van der Waals surface area contributed by atoms with Crippen LogP contribution in [0.4, 0.5) is 0 Å². The van der Waals surface area contributed by atoms with Crippen molar-refractivity contribution in [3.63, 3.8) is 0 Å². The summed E-state index contributed by atoms with van der Waals surface area (Å²) in [6.45, 7) is 4.04. The number of hydrogen-bond donors (Lipinski definition) is 2. The second kappa shape index (κ2) is 4.42. The van der Waals surface area contributed by atoms with E-state index >= 15 is 0 Å². The first-order valence-electron chi connectivity index (χ1n) is 5.78. The fourth-order valence-corrected chi connectivity index (χ4v) is 2.09. The SMILES string of the molecule is CC(C)(CCO)n1cnc2c(C(=O)O)cccc21. The number of carbonyl (C=O) groups is 1. The van der Waals surface area contributed by atoms with Crippen LogP contribution < -0.4 is 0 Å². The molecule has 96 valence electrons. The fourth-order valence-electron chi connectivity index (χ4n) is 2.09. The van der Waals surface area contributed by atoms with E-state index in [-0.39, 0.29) is 17.7 Å². The zero-order valence-corrected chi connectivity index (χ0v) is 10.4. The van der Waals surface area contributed by atoms with Gasteiger partial charge in [0.25, 0.3) is 0 Å². The number of fused-ring (bicyclic) bond motifs is 1. The van der Waals surface area contributed by atoms with E-state index in [1.54, 1.807) is 18.5 Å². The number of aliphatic hydroxyl groups excluding tert-OH is 1. The van der Waals surface area contributed by atoms with Gasteiger partial charge in [-0.3, -0.25) is 0 Å². The van der Waals surface area contributed by atoms with Gasteiger partial charge in [0.05, 0.1) is 17.4 Å². The Balaban J connectivity index is 2.62. The third-order valence-corrected chi connectivity index (χ3v) is 3.18. The number of benzene rings is 1. The maximum absolute atomic E-state index is 11.1. The number of rotatable bonds is 4. The standard InChI is InChI=1S/C13H16N2O3/c1-13(2,6-7-16)15-8-14-11-9(12(17)18)4-3-5-10(11)15/h3-5,8,16H,6-7H2,1-2H3,(H,17,18). The molecule has 2 N–H and O–H groups in total. The van der Waals surface area contributed by atoms with Gasteiger partial charge in [0, 0.05) is 12.1 Å². The summed E-state index contributed by atoms with van der Waals surface area (Å²) < 4.78 is 1.91. The molecule has 0 atom stereocenters. The van der Waals surface area contributed by atoms with Crippen LogP contribution in [0, 0.1) is 0 Å². The molecule has 0 spiro atoms. The first-order chi connectivity index (χ1) is 8.47. The molecule has 1 aromatic heterocycles. The van der Waals surface area contributed by atoms with Gasteiger partial charge < -0.3 is 14.8 Å². The summed E-state index contributed by atoms with van der Waals surface area (Å²) in [6, 6.07) is 5.09. The molecule has 0 radical (unpaired) electrons. The van der Waals surface area contributed by atoms with Crippen molar-refractivity contribution in [1.82, 2.24) is 9.55 Å². The quantitative estimate of drug-likeness (QED) is 0.865. The van der Waals surface area contributed by atoms with Gasteiger partial charge in [-0.2, -0.15) is 0 Å². The van der Waals surface area contributed by atoms with Crippen LogP contribution >= 0.6 is 0 Å². The Hall–Kier alpha value is -1.88. The Kier molecular flexibility index (Phi) is 3.09. The van der Waals surface area contributed by atoms with Crippen LogP contribution in [-0.4, -0.2) is 32.3 Å². The van der Waals surface area contributed by atoms with Gasteiger partial charge in [-0.15, -0.1) is 0 Å². The van der Waals surface area contributed by atoms with E-state index in [1.165, 1.54) is 0 Å². The van der Waals surface area contributed by atoms with Crippen molar-refractivity contribution in [2.24, 2.45) is 0 Å². The zero-order chi connectivity index (χ0) is 13.3. The highest BCUT2D eigenvalue weighted by Gasteiger charge is 2.23. The minimum atomic E-state index is -0.981. The number of aromatic carboxylic acids is 1. The molecule has 0 bridgehead atoms. The maximum Gasteiger partial charge on any atom is 0.337 e. The summed E-state index contributed by atoms with van der Waals surface area (Å²) in [4.78, 5) is 15.3. The lowest BCUT2D eigenvalue weighted by atomic mass is 10.0. The molecular weight excluding hydrogens is 232 g/mol.